The van der Waals surface area contributed by atoms with E-state index >= 15 is 0 Å². The molecule has 2 aromatic rings. The molecule has 0 radical (unpaired) electrons. The second-order valence-corrected chi connectivity index (χ2v) is 7.73. The number of benzene rings is 2. The van der Waals surface area contributed by atoms with E-state index in [1.54, 1.807) is 24.3 Å². The Bertz CT molecular complexity index is 780. The molecule has 0 fully saturated rings. The fourth-order valence-corrected chi connectivity index (χ4v) is 3.70. The van der Waals surface area contributed by atoms with E-state index in [2.05, 4.69) is 0 Å². The summed E-state index contributed by atoms with van der Waals surface area (Å²) in [6.45, 7) is 1.07. The Morgan fingerprint density at radius 3 is 2.18 bits per heavy atom. The minimum atomic E-state index is -1.07. The Labute approximate surface area is 169 Å². The van der Waals surface area contributed by atoms with E-state index in [1.165, 1.54) is 17.4 Å². The number of nitrogens with zero attached hydrogens (tertiary/aromatic N) is 1. The van der Waals surface area contributed by atoms with E-state index in [-0.39, 0.29) is 11.0 Å². The van der Waals surface area contributed by atoms with Gasteiger partial charge in [0.25, 0.3) is 0 Å². The lowest BCUT2D eigenvalue weighted by Gasteiger charge is -2.26. The van der Waals surface area contributed by atoms with Crippen LogP contribution in [0.3, 0.4) is 0 Å². The number of amides is 1. The van der Waals surface area contributed by atoms with Gasteiger partial charge in [0.15, 0.2) is 5.12 Å². The van der Waals surface area contributed by atoms with Crippen LogP contribution < -0.4 is 4.90 Å². The number of carbonyl (C=O) groups is 3. The van der Waals surface area contributed by atoms with Gasteiger partial charge in [0.2, 0.25) is 5.91 Å². The van der Waals surface area contributed by atoms with Gasteiger partial charge in [-0.15, -0.1) is 0 Å². The van der Waals surface area contributed by atoms with Crippen molar-refractivity contribution < 1.29 is 19.5 Å². The van der Waals surface area contributed by atoms with Gasteiger partial charge in [0.05, 0.1) is 0 Å². The third-order valence-electron chi connectivity index (χ3n) is 4.33. The van der Waals surface area contributed by atoms with Crippen molar-refractivity contribution in [2.45, 2.75) is 26.2 Å². The maximum absolute atomic E-state index is 13.2. The van der Waals surface area contributed by atoms with Gasteiger partial charge in [-0.2, -0.15) is 0 Å². The van der Waals surface area contributed by atoms with Crippen LogP contribution in [0.15, 0.2) is 60.7 Å². The first-order valence-electron chi connectivity index (χ1n) is 9.23. The van der Waals surface area contributed by atoms with Crippen LogP contribution in [0.1, 0.15) is 25.3 Å². The van der Waals surface area contributed by atoms with Crippen LogP contribution in [0.2, 0.25) is 0 Å². The van der Waals surface area contributed by atoms with Crippen molar-refractivity contribution in [3.8, 4) is 0 Å². The number of aliphatic carboxylic acids is 1. The average molecular weight is 400 g/mol. The molecule has 28 heavy (non-hydrogen) atoms. The number of thioether (sulfide) groups is 1. The van der Waals surface area contributed by atoms with Crippen LogP contribution >= 0.6 is 11.8 Å². The molecule has 2 rings (SSSR count). The van der Waals surface area contributed by atoms with Gasteiger partial charge in [-0.3, -0.25) is 14.4 Å². The number of carboxylic acids is 1. The van der Waals surface area contributed by atoms with Gasteiger partial charge in [-0.05, 0) is 37.0 Å². The summed E-state index contributed by atoms with van der Waals surface area (Å²) >= 11 is 1.11. The molecule has 2 aromatic carbocycles. The summed E-state index contributed by atoms with van der Waals surface area (Å²) < 4.78 is 0. The van der Waals surface area contributed by atoms with E-state index < -0.39 is 18.4 Å². The van der Waals surface area contributed by atoms with Crippen LogP contribution in [0.4, 0.5) is 5.69 Å². The smallest absolute Gasteiger partial charge is 0.323 e. The maximum Gasteiger partial charge on any atom is 0.323 e. The molecule has 148 valence electrons. The zero-order chi connectivity index (χ0) is 20.4. The van der Waals surface area contributed by atoms with Gasteiger partial charge in [0.1, 0.15) is 6.54 Å². The minimum Gasteiger partial charge on any atom is -0.480 e. The summed E-state index contributed by atoms with van der Waals surface area (Å²) in [5.41, 5.74) is 1.74. The Morgan fingerprint density at radius 1 is 1.00 bits per heavy atom. The summed E-state index contributed by atoms with van der Waals surface area (Å²) in [6.07, 6.45) is 2.21. The first-order valence-corrected chi connectivity index (χ1v) is 10.2. The highest BCUT2D eigenvalue weighted by Gasteiger charge is 2.27. The molecule has 0 aliphatic rings. The molecule has 1 unspecified atom stereocenters. The Hall–Kier alpha value is -2.60. The molecule has 0 aromatic heterocycles. The topological polar surface area (TPSA) is 74.7 Å². The number of aryl methyl sites for hydroxylation is 1. The third-order valence-corrected chi connectivity index (χ3v) is 5.30. The highest BCUT2D eigenvalue weighted by Crippen LogP contribution is 2.23. The number of para-hydroxylation sites is 1. The van der Waals surface area contributed by atoms with E-state index in [9.17, 15) is 19.5 Å². The van der Waals surface area contributed by atoms with Crippen molar-refractivity contribution in [3.63, 3.8) is 0 Å². The lowest BCUT2D eigenvalue weighted by Crippen LogP contribution is -2.40. The van der Waals surface area contributed by atoms with Crippen molar-refractivity contribution in [1.82, 2.24) is 0 Å². The van der Waals surface area contributed by atoms with Crippen LogP contribution in [-0.2, 0) is 20.8 Å². The van der Waals surface area contributed by atoms with Crippen LogP contribution in [0.25, 0.3) is 0 Å². The van der Waals surface area contributed by atoms with Gasteiger partial charge < -0.3 is 10.0 Å². The molecule has 1 N–H and O–H groups in total. The van der Waals surface area contributed by atoms with Crippen molar-refractivity contribution in [3.05, 3.63) is 66.2 Å². The predicted octanol–water partition coefficient (Wildman–Crippen LogP) is 4.02. The fourth-order valence-electron chi connectivity index (χ4n) is 2.95. The summed E-state index contributed by atoms with van der Waals surface area (Å²) in [6, 6.07) is 18.8. The van der Waals surface area contributed by atoms with E-state index in [4.69, 9.17) is 0 Å². The lowest BCUT2D eigenvalue weighted by atomic mass is 9.99. The van der Waals surface area contributed by atoms with Gasteiger partial charge in [-0.25, -0.2) is 0 Å². The molecule has 0 spiro atoms. The summed E-state index contributed by atoms with van der Waals surface area (Å²) in [5.74, 6) is -1.39. The van der Waals surface area contributed by atoms with Crippen LogP contribution in [0, 0.1) is 5.92 Å². The predicted molar refractivity (Wildman–Crippen MR) is 112 cm³/mol. The zero-order valence-corrected chi connectivity index (χ0v) is 16.7. The number of hydrogen-bond acceptors (Lipinski definition) is 4. The molecule has 1 amide bonds. The molecule has 0 aliphatic heterocycles. The second kappa shape index (κ2) is 11.3. The van der Waals surface area contributed by atoms with E-state index in [0.717, 1.165) is 24.6 Å². The van der Waals surface area contributed by atoms with Crippen molar-refractivity contribution in [2.75, 3.05) is 17.2 Å². The quantitative estimate of drug-likeness (QED) is 0.653. The number of anilines is 1. The number of hydrogen-bond donors (Lipinski definition) is 1. The monoisotopic (exact) mass is 399 g/mol. The molecular formula is C22H25NO4S. The van der Waals surface area contributed by atoms with Crippen LogP contribution in [0.5, 0.6) is 0 Å². The van der Waals surface area contributed by atoms with E-state index in [0.29, 0.717) is 17.9 Å². The molecular weight excluding hydrogens is 374 g/mol. The number of carboxylic acid groups (broad SMARTS) is 1. The fraction of sp³-hybridized carbons (Fsp3) is 0.318. The Morgan fingerprint density at radius 2 is 1.61 bits per heavy atom. The molecule has 0 heterocycles. The zero-order valence-electron chi connectivity index (χ0n) is 15.9. The summed E-state index contributed by atoms with van der Waals surface area (Å²) in [4.78, 5) is 37.2. The first-order chi connectivity index (χ1) is 13.5. The van der Waals surface area contributed by atoms with Crippen LogP contribution in [-0.4, -0.2) is 34.4 Å². The molecule has 0 aliphatic carbocycles. The van der Waals surface area contributed by atoms with E-state index in [1.807, 2.05) is 36.4 Å². The highest BCUT2D eigenvalue weighted by atomic mass is 32.2. The first kappa shape index (κ1) is 21.7. The Kier molecular flexibility index (Phi) is 8.75. The number of carbonyl (C=O) groups excluding carboxylic acids is 2. The molecule has 5 nitrogen and oxygen atoms in total. The third kappa shape index (κ3) is 7.19. The normalized spacial score (nSPS) is 11.6. The Balaban J connectivity index is 2.12. The largest absolute Gasteiger partial charge is 0.480 e. The van der Waals surface area contributed by atoms with Gasteiger partial charge in [0, 0.05) is 24.3 Å². The SMILES string of the molecule is CC(=O)SCC(CCCc1ccccc1)C(=O)N(CC(=O)O)c1ccccc1. The molecule has 0 saturated heterocycles. The molecule has 6 heteroatoms. The van der Waals surface area contributed by atoms with Gasteiger partial charge >= 0.3 is 5.97 Å². The second-order valence-electron chi connectivity index (χ2n) is 6.53. The van der Waals surface area contributed by atoms with Crippen molar-refractivity contribution in [2.24, 2.45) is 5.92 Å². The standard InChI is InChI=1S/C22H25NO4S/c1-17(24)28-16-19(12-8-11-18-9-4-2-5-10-18)22(27)23(15-21(25)26)20-13-6-3-7-14-20/h2-7,9-10,13-14,19H,8,11-12,15-16H2,1H3,(H,25,26). The maximum atomic E-state index is 13.2. The molecule has 0 bridgehead atoms. The minimum absolute atomic E-state index is 0.0506. The highest BCUT2D eigenvalue weighted by molar-refractivity contribution is 8.13. The summed E-state index contributed by atoms with van der Waals surface area (Å²) in [7, 11) is 0. The van der Waals surface area contributed by atoms with Gasteiger partial charge in [-0.1, -0.05) is 60.3 Å². The molecule has 1 atom stereocenters. The van der Waals surface area contributed by atoms with Crippen molar-refractivity contribution >= 4 is 34.4 Å². The average Bonchev–Trinajstić information content (AvgIpc) is 2.69. The van der Waals surface area contributed by atoms with Crippen molar-refractivity contribution in [1.29, 1.82) is 0 Å². The summed E-state index contributed by atoms with van der Waals surface area (Å²) in [5, 5.41) is 9.21. The lowest BCUT2D eigenvalue weighted by molar-refractivity contribution is -0.137. The number of rotatable bonds is 10. The molecule has 0 saturated carbocycles.